The van der Waals surface area contributed by atoms with Crippen molar-refractivity contribution in [1.82, 2.24) is 10.3 Å². The number of oxazole rings is 1. The summed E-state index contributed by atoms with van der Waals surface area (Å²) in [6.07, 6.45) is 3.59. The molecule has 1 aliphatic rings. The van der Waals surface area contributed by atoms with Crippen molar-refractivity contribution in [2.45, 2.75) is 18.9 Å². The van der Waals surface area contributed by atoms with E-state index in [4.69, 9.17) is 4.42 Å². The number of hydrogen-bond donors (Lipinski definition) is 1. The average Bonchev–Trinajstić information content (AvgIpc) is 3.04. The maximum absolute atomic E-state index is 11.7. The average molecular weight is 228 g/mol. The zero-order valence-electron chi connectivity index (χ0n) is 9.22. The monoisotopic (exact) mass is 228 g/mol. The van der Waals surface area contributed by atoms with Crippen molar-refractivity contribution in [2.24, 2.45) is 0 Å². The summed E-state index contributed by atoms with van der Waals surface area (Å²) in [6, 6.07) is 9.86. The molecule has 2 aromatic rings. The Hall–Kier alpha value is -2.10. The van der Waals surface area contributed by atoms with E-state index in [0.717, 1.165) is 18.4 Å². The highest BCUT2D eigenvalue weighted by atomic mass is 16.4. The number of aromatic nitrogens is 1. The Morgan fingerprint density at radius 1 is 1.29 bits per heavy atom. The zero-order chi connectivity index (χ0) is 11.7. The molecule has 1 aromatic heterocycles. The highest BCUT2D eigenvalue weighted by molar-refractivity contribution is 5.91. The molecule has 1 fully saturated rings. The molecule has 0 unspecified atom stereocenters. The number of benzene rings is 1. The summed E-state index contributed by atoms with van der Waals surface area (Å²) < 4.78 is 5.44. The molecule has 0 atom stereocenters. The van der Waals surface area contributed by atoms with E-state index >= 15 is 0 Å². The number of hydrogen-bond acceptors (Lipinski definition) is 3. The third kappa shape index (κ3) is 2.20. The standard InChI is InChI=1S/C13H12N2O2/c16-12(15-10-6-7-10)11-8-14-13(17-11)9-4-2-1-3-5-9/h1-5,8,10H,6-7H2,(H,15,16). The normalized spacial score (nSPS) is 14.6. The summed E-state index contributed by atoms with van der Waals surface area (Å²) >= 11 is 0. The van der Waals surface area contributed by atoms with Gasteiger partial charge in [-0.15, -0.1) is 0 Å². The molecule has 1 N–H and O–H groups in total. The fraction of sp³-hybridized carbons (Fsp3) is 0.231. The molecule has 0 spiro atoms. The van der Waals surface area contributed by atoms with Gasteiger partial charge >= 0.3 is 0 Å². The number of carbonyl (C=O) groups is 1. The third-order valence-corrected chi connectivity index (χ3v) is 2.66. The van der Waals surface area contributed by atoms with Crippen LogP contribution in [0.15, 0.2) is 40.9 Å². The van der Waals surface area contributed by atoms with Crippen LogP contribution >= 0.6 is 0 Å². The van der Waals surface area contributed by atoms with Gasteiger partial charge in [0.2, 0.25) is 11.7 Å². The summed E-state index contributed by atoms with van der Waals surface area (Å²) in [7, 11) is 0. The number of nitrogens with zero attached hydrogens (tertiary/aromatic N) is 1. The Bertz CT molecular complexity index is 529. The molecule has 4 heteroatoms. The lowest BCUT2D eigenvalue weighted by Gasteiger charge is -1.98. The molecule has 86 valence electrons. The summed E-state index contributed by atoms with van der Waals surface area (Å²) in [5.41, 5.74) is 0.873. The van der Waals surface area contributed by atoms with Crippen LogP contribution in [0.1, 0.15) is 23.4 Å². The molecule has 0 radical (unpaired) electrons. The van der Waals surface area contributed by atoms with Gasteiger partial charge in [0.15, 0.2) is 0 Å². The SMILES string of the molecule is O=C(NC1CC1)c1cnc(-c2ccccc2)o1. The van der Waals surface area contributed by atoms with Crippen molar-refractivity contribution in [3.63, 3.8) is 0 Å². The van der Waals surface area contributed by atoms with Gasteiger partial charge in [0, 0.05) is 11.6 Å². The minimum Gasteiger partial charge on any atom is -0.431 e. The number of nitrogens with one attached hydrogen (secondary N) is 1. The van der Waals surface area contributed by atoms with Crippen LogP contribution in [0, 0.1) is 0 Å². The van der Waals surface area contributed by atoms with Gasteiger partial charge in [-0.1, -0.05) is 18.2 Å². The Morgan fingerprint density at radius 3 is 2.76 bits per heavy atom. The van der Waals surface area contributed by atoms with Crippen LogP contribution in [0.4, 0.5) is 0 Å². The van der Waals surface area contributed by atoms with Gasteiger partial charge in [0.05, 0.1) is 6.20 Å². The first kappa shape index (κ1) is 10.1. The minimum absolute atomic E-state index is 0.179. The Morgan fingerprint density at radius 2 is 2.06 bits per heavy atom. The maximum Gasteiger partial charge on any atom is 0.288 e. The minimum atomic E-state index is -0.179. The molecule has 0 saturated heterocycles. The molecule has 0 bridgehead atoms. The largest absolute Gasteiger partial charge is 0.431 e. The lowest BCUT2D eigenvalue weighted by molar-refractivity contribution is 0.0924. The third-order valence-electron chi connectivity index (χ3n) is 2.66. The molecule has 0 aliphatic heterocycles. The van der Waals surface area contributed by atoms with E-state index in [-0.39, 0.29) is 11.7 Å². The summed E-state index contributed by atoms with van der Waals surface area (Å²) in [5.74, 6) is 0.574. The van der Waals surface area contributed by atoms with Crippen LogP contribution in [0.3, 0.4) is 0 Å². The van der Waals surface area contributed by atoms with E-state index in [1.165, 1.54) is 6.20 Å². The number of carbonyl (C=O) groups excluding carboxylic acids is 1. The summed E-state index contributed by atoms with van der Waals surface area (Å²) in [6.45, 7) is 0. The first-order valence-electron chi connectivity index (χ1n) is 5.65. The first-order chi connectivity index (χ1) is 8.33. The molecule has 4 nitrogen and oxygen atoms in total. The van der Waals surface area contributed by atoms with E-state index in [1.54, 1.807) is 0 Å². The Labute approximate surface area is 98.7 Å². The van der Waals surface area contributed by atoms with E-state index in [9.17, 15) is 4.79 Å². The van der Waals surface area contributed by atoms with Crippen molar-refractivity contribution < 1.29 is 9.21 Å². The lowest BCUT2D eigenvalue weighted by Crippen LogP contribution is -2.24. The topological polar surface area (TPSA) is 55.1 Å². The van der Waals surface area contributed by atoms with Crippen molar-refractivity contribution >= 4 is 5.91 Å². The molecule has 1 aromatic carbocycles. The van der Waals surface area contributed by atoms with Crippen molar-refractivity contribution in [2.75, 3.05) is 0 Å². The second-order valence-corrected chi connectivity index (χ2v) is 4.14. The van der Waals surface area contributed by atoms with Gasteiger partial charge in [0.1, 0.15) is 0 Å². The lowest BCUT2D eigenvalue weighted by atomic mass is 10.2. The number of amides is 1. The second kappa shape index (κ2) is 4.05. The van der Waals surface area contributed by atoms with E-state index < -0.39 is 0 Å². The second-order valence-electron chi connectivity index (χ2n) is 4.14. The van der Waals surface area contributed by atoms with Gasteiger partial charge in [-0.2, -0.15) is 0 Å². The molecule has 1 amide bonds. The van der Waals surface area contributed by atoms with Gasteiger partial charge < -0.3 is 9.73 Å². The molecular weight excluding hydrogens is 216 g/mol. The highest BCUT2D eigenvalue weighted by Gasteiger charge is 2.25. The fourth-order valence-corrected chi connectivity index (χ4v) is 1.58. The molecule has 3 rings (SSSR count). The van der Waals surface area contributed by atoms with E-state index in [1.807, 2.05) is 30.3 Å². The van der Waals surface area contributed by atoms with Gasteiger partial charge in [-0.05, 0) is 25.0 Å². The highest BCUT2D eigenvalue weighted by Crippen LogP contribution is 2.21. The molecule has 1 aliphatic carbocycles. The van der Waals surface area contributed by atoms with Gasteiger partial charge in [0.25, 0.3) is 5.91 Å². The Kier molecular flexibility index (Phi) is 2.40. The first-order valence-corrected chi connectivity index (χ1v) is 5.65. The molecule has 1 heterocycles. The van der Waals surface area contributed by atoms with E-state index in [2.05, 4.69) is 10.3 Å². The molecule has 1 saturated carbocycles. The van der Waals surface area contributed by atoms with Crippen LogP contribution in [0.25, 0.3) is 11.5 Å². The van der Waals surface area contributed by atoms with E-state index in [0.29, 0.717) is 11.9 Å². The number of rotatable bonds is 3. The predicted octanol–water partition coefficient (Wildman–Crippen LogP) is 2.23. The summed E-state index contributed by atoms with van der Waals surface area (Å²) in [4.78, 5) is 15.8. The predicted molar refractivity (Wildman–Crippen MR) is 62.4 cm³/mol. The van der Waals surface area contributed by atoms with Crippen LogP contribution in [0.2, 0.25) is 0 Å². The molecular formula is C13H12N2O2. The van der Waals surface area contributed by atoms with Crippen LogP contribution in [0.5, 0.6) is 0 Å². The van der Waals surface area contributed by atoms with Crippen LogP contribution in [-0.4, -0.2) is 16.9 Å². The maximum atomic E-state index is 11.7. The van der Waals surface area contributed by atoms with Gasteiger partial charge in [-0.3, -0.25) is 4.79 Å². The quantitative estimate of drug-likeness (QED) is 0.876. The van der Waals surface area contributed by atoms with Crippen LogP contribution in [-0.2, 0) is 0 Å². The Balaban J connectivity index is 1.80. The smallest absolute Gasteiger partial charge is 0.288 e. The van der Waals surface area contributed by atoms with Crippen LogP contribution < -0.4 is 5.32 Å². The van der Waals surface area contributed by atoms with Crippen molar-refractivity contribution in [3.05, 3.63) is 42.3 Å². The molecule has 17 heavy (non-hydrogen) atoms. The van der Waals surface area contributed by atoms with Crippen molar-refractivity contribution in [1.29, 1.82) is 0 Å². The fourth-order valence-electron chi connectivity index (χ4n) is 1.58. The van der Waals surface area contributed by atoms with Crippen molar-refractivity contribution in [3.8, 4) is 11.5 Å². The van der Waals surface area contributed by atoms with Gasteiger partial charge in [-0.25, -0.2) is 4.98 Å². The zero-order valence-corrected chi connectivity index (χ0v) is 9.22. The summed E-state index contributed by atoms with van der Waals surface area (Å²) in [5, 5.41) is 2.86.